The molecule has 0 atom stereocenters. The van der Waals surface area contributed by atoms with Gasteiger partial charge in [0.05, 0.1) is 17.7 Å². The lowest BCUT2D eigenvalue weighted by atomic mass is 9.97. The molecule has 7 nitrogen and oxygen atoms in total. The van der Waals surface area contributed by atoms with E-state index in [1.165, 1.54) is 18.2 Å². The van der Waals surface area contributed by atoms with Gasteiger partial charge < -0.3 is 14.9 Å². The minimum atomic E-state index is -0.438. The molecule has 0 aliphatic carbocycles. The second-order valence-corrected chi connectivity index (χ2v) is 8.49. The molecule has 1 aliphatic heterocycles. The maximum Gasteiger partial charge on any atom is 0.271 e. The van der Waals surface area contributed by atoms with Gasteiger partial charge in [0.15, 0.2) is 0 Å². The van der Waals surface area contributed by atoms with Gasteiger partial charge in [0, 0.05) is 37.3 Å². The number of fused-ring (bicyclic) bond motifs is 1. The number of nitrogens with one attached hydrogen (secondary N) is 1. The number of carbonyl (C=O) groups is 2. The number of benzene rings is 3. The lowest BCUT2D eigenvalue weighted by Gasteiger charge is -2.32. The van der Waals surface area contributed by atoms with Crippen LogP contribution in [0.2, 0.25) is 5.02 Å². The Hall–Kier alpha value is -3.42. The van der Waals surface area contributed by atoms with Crippen molar-refractivity contribution in [3.8, 4) is 5.75 Å². The Morgan fingerprint density at radius 3 is 2.52 bits per heavy atom. The van der Waals surface area contributed by atoms with Crippen LogP contribution in [0.3, 0.4) is 0 Å². The van der Waals surface area contributed by atoms with Crippen LogP contribution in [0.4, 0.5) is 0 Å². The van der Waals surface area contributed by atoms with E-state index in [1.807, 2.05) is 41.3 Å². The Morgan fingerprint density at radius 2 is 1.79 bits per heavy atom. The highest BCUT2D eigenvalue weighted by Crippen LogP contribution is 2.24. The molecule has 1 heterocycles. The van der Waals surface area contributed by atoms with Crippen LogP contribution in [0, 0.1) is 0 Å². The van der Waals surface area contributed by atoms with E-state index in [-0.39, 0.29) is 22.2 Å². The van der Waals surface area contributed by atoms with Crippen LogP contribution >= 0.6 is 11.6 Å². The van der Waals surface area contributed by atoms with Gasteiger partial charge in [0.25, 0.3) is 5.91 Å². The Labute approximate surface area is 197 Å². The molecule has 2 amide bonds. The summed E-state index contributed by atoms with van der Waals surface area (Å²) in [5.74, 6) is -0.393. The van der Waals surface area contributed by atoms with Crippen LogP contribution in [0.15, 0.2) is 59.7 Å². The normalized spacial score (nSPS) is 14.7. The number of aromatic hydroxyl groups is 1. The average Bonchev–Trinajstić information content (AvgIpc) is 2.82. The molecule has 0 radical (unpaired) electrons. The molecule has 0 spiro atoms. The molecule has 33 heavy (non-hydrogen) atoms. The monoisotopic (exact) mass is 464 g/mol. The van der Waals surface area contributed by atoms with Crippen LogP contribution in [0.25, 0.3) is 10.8 Å². The van der Waals surface area contributed by atoms with Crippen molar-refractivity contribution in [1.82, 2.24) is 15.2 Å². The predicted octanol–water partition coefficient (Wildman–Crippen LogP) is 3.28. The van der Waals surface area contributed by atoms with Crippen molar-refractivity contribution < 1.29 is 14.7 Å². The van der Waals surface area contributed by atoms with Crippen LogP contribution in [0.5, 0.6) is 5.75 Å². The first-order valence-corrected chi connectivity index (χ1v) is 11.1. The lowest BCUT2D eigenvalue weighted by Crippen LogP contribution is -2.47. The number of likely N-dealkylation sites (N-methyl/N-ethyl adjacent to an activating group) is 1. The molecule has 170 valence electrons. The van der Waals surface area contributed by atoms with Crippen molar-refractivity contribution in [2.75, 3.05) is 33.2 Å². The minimum absolute atomic E-state index is 0.0885. The minimum Gasteiger partial charge on any atom is -0.506 e. The third-order valence-corrected chi connectivity index (χ3v) is 6.13. The number of rotatable bonds is 5. The topological polar surface area (TPSA) is 85.2 Å². The Bertz CT molecular complexity index is 1220. The first kappa shape index (κ1) is 22.8. The Kier molecular flexibility index (Phi) is 6.91. The number of hydrogen-bond acceptors (Lipinski definition) is 5. The van der Waals surface area contributed by atoms with Crippen molar-refractivity contribution in [3.63, 3.8) is 0 Å². The van der Waals surface area contributed by atoms with E-state index >= 15 is 0 Å². The van der Waals surface area contributed by atoms with E-state index in [4.69, 9.17) is 11.6 Å². The lowest BCUT2D eigenvalue weighted by molar-refractivity contribution is -0.132. The highest BCUT2D eigenvalue weighted by Gasteiger charge is 2.20. The van der Waals surface area contributed by atoms with E-state index < -0.39 is 5.91 Å². The van der Waals surface area contributed by atoms with Crippen molar-refractivity contribution in [1.29, 1.82) is 0 Å². The van der Waals surface area contributed by atoms with Crippen molar-refractivity contribution in [2.45, 2.75) is 6.42 Å². The molecule has 3 aromatic rings. The number of hydrazone groups is 1. The zero-order chi connectivity index (χ0) is 23.4. The second-order valence-electron chi connectivity index (χ2n) is 8.09. The van der Waals surface area contributed by atoms with Crippen LogP contribution < -0.4 is 5.43 Å². The number of phenolic OH excluding ortho intramolecular Hbond substituents is 1. The van der Waals surface area contributed by atoms with Gasteiger partial charge in [-0.1, -0.05) is 48.0 Å². The van der Waals surface area contributed by atoms with Crippen molar-refractivity contribution in [2.24, 2.45) is 5.10 Å². The molecule has 0 unspecified atom stereocenters. The number of amides is 2. The Balaban J connectivity index is 1.49. The summed E-state index contributed by atoms with van der Waals surface area (Å²) >= 11 is 5.86. The van der Waals surface area contributed by atoms with Crippen LogP contribution in [-0.4, -0.2) is 66.2 Å². The maximum absolute atomic E-state index is 12.8. The number of hydrogen-bond donors (Lipinski definition) is 2. The van der Waals surface area contributed by atoms with Gasteiger partial charge in [-0.2, -0.15) is 5.10 Å². The van der Waals surface area contributed by atoms with E-state index in [0.717, 1.165) is 48.1 Å². The molecule has 3 aromatic carbocycles. The average molecular weight is 465 g/mol. The van der Waals surface area contributed by atoms with E-state index in [0.29, 0.717) is 6.42 Å². The summed E-state index contributed by atoms with van der Waals surface area (Å²) in [4.78, 5) is 29.3. The van der Waals surface area contributed by atoms with Crippen molar-refractivity contribution >= 4 is 40.4 Å². The Morgan fingerprint density at radius 1 is 1.06 bits per heavy atom. The maximum atomic E-state index is 12.8. The van der Waals surface area contributed by atoms with Crippen molar-refractivity contribution in [3.05, 3.63) is 76.3 Å². The van der Waals surface area contributed by atoms with Crippen LogP contribution in [0.1, 0.15) is 21.5 Å². The molecular formula is C25H25ClN4O3. The fraction of sp³-hybridized carbons (Fsp3) is 0.240. The zero-order valence-electron chi connectivity index (χ0n) is 18.3. The third kappa shape index (κ3) is 5.32. The standard InChI is InChI=1S/C25H25ClN4O3/c1-29-10-12-30(13-11-29)24(32)15-17-6-7-19(21-5-3-2-4-20(17)21)16-27-28-25(33)18-8-9-23(31)22(26)14-18/h2-9,14,16,31H,10-13,15H2,1H3,(H,28,33). The summed E-state index contributed by atoms with van der Waals surface area (Å²) in [6.45, 7) is 3.29. The molecule has 0 bridgehead atoms. The summed E-state index contributed by atoms with van der Waals surface area (Å²) in [7, 11) is 2.07. The number of nitrogens with zero attached hydrogens (tertiary/aromatic N) is 3. The summed E-state index contributed by atoms with van der Waals surface area (Å²) < 4.78 is 0. The fourth-order valence-electron chi connectivity index (χ4n) is 3.86. The van der Waals surface area contributed by atoms with Gasteiger partial charge in [0.1, 0.15) is 5.75 Å². The number of piperazine rings is 1. The highest BCUT2D eigenvalue weighted by atomic mass is 35.5. The number of phenols is 1. The predicted molar refractivity (Wildman–Crippen MR) is 130 cm³/mol. The smallest absolute Gasteiger partial charge is 0.271 e. The molecule has 1 fully saturated rings. The summed E-state index contributed by atoms with van der Waals surface area (Å²) in [6, 6.07) is 15.9. The molecule has 0 aromatic heterocycles. The van der Waals surface area contributed by atoms with Gasteiger partial charge in [-0.05, 0) is 41.6 Å². The third-order valence-electron chi connectivity index (χ3n) is 5.83. The van der Waals surface area contributed by atoms with E-state index in [1.54, 1.807) is 6.21 Å². The molecule has 4 rings (SSSR count). The molecular weight excluding hydrogens is 440 g/mol. The van der Waals surface area contributed by atoms with E-state index in [2.05, 4.69) is 22.5 Å². The summed E-state index contributed by atoms with van der Waals surface area (Å²) in [5.41, 5.74) is 4.56. The van der Waals surface area contributed by atoms with Gasteiger partial charge in [-0.15, -0.1) is 0 Å². The summed E-state index contributed by atoms with van der Waals surface area (Å²) in [5, 5.41) is 15.6. The molecule has 8 heteroatoms. The summed E-state index contributed by atoms with van der Waals surface area (Å²) in [6.07, 6.45) is 1.92. The highest BCUT2D eigenvalue weighted by molar-refractivity contribution is 6.32. The van der Waals surface area contributed by atoms with E-state index in [9.17, 15) is 14.7 Å². The molecule has 1 saturated heterocycles. The SMILES string of the molecule is CN1CCN(C(=O)Cc2ccc(C=NNC(=O)c3ccc(O)c(Cl)c3)c3ccccc23)CC1. The number of carbonyl (C=O) groups excluding carboxylic acids is 2. The van der Waals surface area contributed by atoms with Gasteiger partial charge in [-0.25, -0.2) is 5.43 Å². The van der Waals surface area contributed by atoms with Crippen LogP contribution in [-0.2, 0) is 11.2 Å². The molecule has 1 aliphatic rings. The second kappa shape index (κ2) is 10.0. The first-order valence-electron chi connectivity index (χ1n) is 10.7. The first-order chi connectivity index (χ1) is 15.9. The number of halogens is 1. The van der Waals surface area contributed by atoms with Gasteiger partial charge in [-0.3, -0.25) is 9.59 Å². The quantitative estimate of drug-likeness (QED) is 0.448. The zero-order valence-corrected chi connectivity index (χ0v) is 19.0. The van der Waals surface area contributed by atoms with Gasteiger partial charge >= 0.3 is 0 Å². The fourth-order valence-corrected chi connectivity index (χ4v) is 4.04. The molecule has 2 N–H and O–H groups in total. The largest absolute Gasteiger partial charge is 0.506 e. The molecule has 0 saturated carbocycles. The van der Waals surface area contributed by atoms with Gasteiger partial charge in [0.2, 0.25) is 5.91 Å².